The highest BCUT2D eigenvalue weighted by Crippen LogP contribution is 2.19. The fourth-order valence-corrected chi connectivity index (χ4v) is 3.62. The summed E-state index contributed by atoms with van der Waals surface area (Å²) in [7, 11) is 0. The predicted molar refractivity (Wildman–Crippen MR) is 125 cm³/mol. The number of guanidine groups is 1. The van der Waals surface area contributed by atoms with E-state index < -0.39 is 66.2 Å². The molecule has 0 aromatic carbocycles. The predicted octanol–water partition coefficient (Wildman–Crippen LogP) is -3.85. The van der Waals surface area contributed by atoms with E-state index in [1.54, 1.807) is 0 Å². The maximum atomic E-state index is 13.0. The quantitative estimate of drug-likeness (QED) is 0.0594. The third-order valence-electron chi connectivity index (χ3n) is 5.43. The van der Waals surface area contributed by atoms with E-state index in [-0.39, 0.29) is 44.7 Å². The number of primary amides is 1. The first-order valence-electron chi connectivity index (χ1n) is 11.3. The number of carbonyl (C=O) groups is 6. The minimum absolute atomic E-state index is 0.00739. The highest BCUT2D eigenvalue weighted by molar-refractivity contribution is 5.95. The lowest BCUT2D eigenvalue weighted by Gasteiger charge is -2.28. The van der Waals surface area contributed by atoms with E-state index in [2.05, 4.69) is 15.6 Å². The van der Waals surface area contributed by atoms with E-state index in [1.165, 1.54) is 4.90 Å². The van der Waals surface area contributed by atoms with Crippen LogP contribution in [0.3, 0.4) is 0 Å². The third kappa shape index (κ3) is 10.1. The van der Waals surface area contributed by atoms with E-state index in [0.29, 0.717) is 12.8 Å². The number of aliphatic imine (C=N–C) groups is 1. The standard InChI is InChI=1S/C20H34N8O8/c21-10(5-6-14(22)29)18(34)28-8-2-4-13(28)17(33)26-11(3-1-7-25-20(23)24)16(32)27-12(19(35)36)9-15(30)31/h10-13H,1-9,21H2,(H2,22,29)(H,26,33)(H,27,32)(H,30,31)(H,35,36)(H4,23,24,25). The van der Waals surface area contributed by atoms with Gasteiger partial charge in [0.2, 0.25) is 23.6 Å². The van der Waals surface area contributed by atoms with Crippen LogP contribution in [0.4, 0.5) is 0 Å². The van der Waals surface area contributed by atoms with Crippen molar-refractivity contribution in [3.05, 3.63) is 0 Å². The Bertz CT molecular complexity index is 876. The summed E-state index contributed by atoms with van der Waals surface area (Å²) in [5, 5.41) is 22.7. The Morgan fingerprint density at radius 3 is 2.22 bits per heavy atom. The number of carbonyl (C=O) groups excluding carboxylic acids is 4. The number of aliphatic carboxylic acids is 2. The van der Waals surface area contributed by atoms with Gasteiger partial charge in [0.15, 0.2) is 5.96 Å². The molecular formula is C20H34N8O8. The summed E-state index contributed by atoms with van der Waals surface area (Å²) < 4.78 is 0. The number of nitrogens with two attached hydrogens (primary N) is 4. The number of carboxylic acids is 2. The first-order chi connectivity index (χ1) is 16.8. The van der Waals surface area contributed by atoms with Gasteiger partial charge in [0.1, 0.15) is 18.1 Å². The summed E-state index contributed by atoms with van der Waals surface area (Å²) in [6, 6.07) is -4.97. The average Bonchev–Trinajstić information content (AvgIpc) is 3.27. The van der Waals surface area contributed by atoms with E-state index in [9.17, 15) is 33.9 Å². The largest absolute Gasteiger partial charge is 0.481 e. The smallest absolute Gasteiger partial charge is 0.326 e. The van der Waals surface area contributed by atoms with Crippen LogP contribution in [0.2, 0.25) is 0 Å². The van der Waals surface area contributed by atoms with Gasteiger partial charge < -0.3 is 48.7 Å². The van der Waals surface area contributed by atoms with Gasteiger partial charge in [-0.05, 0) is 32.1 Å². The molecule has 1 aliphatic rings. The first-order valence-corrected chi connectivity index (χ1v) is 11.3. The number of nitrogens with zero attached hydrogens (tertiary/aromatic N) is 2. The summed E-state index contributed by atoms with van der Waals surface area (Å²) >= 11 is 0. The summed E-state index contributed by atoms with van der Waals surface area (Å²) in [5.41, 5.74) is 21.5. The van der Waals surface area contributed by atoms with Crippen LogP contribution in [0, 0.1) is 0 Å². The van der Waals surface area contributed by atoms with Gasteiger partial charge >= 0.3 is 11.9 Å². The molecule has 0 bridgehead atoms. The molecule has 1 saturated heterocycles. The minimum Gasteiger partial charge on any atom is -0.481 e. The van der Waals surface area contributed by atoms with Crippen molar-refractivity contribution in [2.24, 2.45) is 27.9 Å². The maximum absolute atomic E-state index is 13.0. The van der Waals surface area contributed by atoms with Crippen LogP contribution in [0.5, 0.6) is 0 Å². The molecule has 4 amide bonds. The second kappa shape index (κ2) is 14.4. The highest BCUT2D eigenvalue weighted by Gasteiger charge is 2.38. The molecule has 12 N–H and O–H groups in total. The monoisotopic (exact) mass is 514 g/mol. The number of hydrogen-bond acceptors (Lipinski definition) is 8. The summed E-state index contributed by atoms with van der Waals surface area (Å²) in [4.78, 5) is 76.8. The number of hydrogen-bond donors (Lipinski definition) is 8. The molecule has 4 atom stereocenters. The van der Waals surface area contributed by atoms with Crippen LogP contribution in [-0.4, -0.2) is 93.9 Å². The Labute approximate surface area is 206 Å². The zero-order chi connectivity index (χ0) is 27.4. The highest BCUT2D eigenvalue weighted by atomic mass is 16.4. The van der Waals surface area contributed by atoms with E-state index in [4.69, 9.17) is 28.0 Å². The van der Waals surface area contributed by atoms with Gasteiger partial charge in [-0.1, -0.05) is 0 Å². The first kappa shape index (κ1) is 30.1. The van der Waals surface area contributed by atoms with Crippen LogP contribution in [0.1, 0.15) is 44.9 Å². The Morgan fingerprint density at radius 1 is 1.00 bits per heavy atom. The summed E-state index contributed by atoms with van der Waals surface area (Å²) in [6.07, 6.45) is 0.0347. The van der Waals surface area contributed by atoms with Crippen molar-refractivity contribution in [1.82, 2.24) is 15.5 Å². The van der Waals surface area contributed by atoms with Crippen molar-refractivity contribution >= 4 is 41.5 Å². The van der Waals surface area contributed by atoms with Gasteiger partial charge in [-0.25, -0.2) is 4.79 Å². The number of rotatable bonds is 15. The Hall–Kier alpha value is -3.95. The molecule has 202 valence electrons. The molecule has 0 spiro atoms. The number of carboxylic acid groups (broad SMARTS) is 2. The molecule has 16 heteroatoms. The van der Waals surface area contributed by atoms with Crippen LogP contribution >= 0.6 is 0 Å². The number of amides is 4. The molecule has 16 nitrogen and oxygen atoms in total. The van der Waals surface area contributed by atoms with Gasteiger partial charge in [-0.15, -0.1) is 0 Å². The minimum atomic E-state index is -1.72. The Kier molecular flexibility index (Phi) is 12.1. The van der Waals surface area contributed by atoms with Gasteiger partial charge in [0, 0.05) is 19.5 Å². The lowest BCUT2D eigenvalue weighted by atomic mass is 10.1. The number of nitrogens with one attached hydrogen (secondary N) is 2. The summed E-state index contributed by atoms with van der Waals surface area (Å²) in [5.74, 6) is -5.94. The van der Waals surface area contributed by atoms with Crippen molar-refractivity contribution in [2.45, 2.75) is 69.1 Å². The molecule has 36 heavy (non-hydrogen) atoms. The topological polar surface area (TPSA) is 287 Å². The molecule has 0 radical (unpaired) electrons. The van der Waals surface area contributed by atoms with Crippen molar-refractivity contribution in [1.29, 1.82) is 0 Å². The molecule has 0 aliphatic carbocycles. The molecule has 1 heterocycles. The Balaban J connectivity index is 2.96. The van der Waals surface area contributed by atoms with Crippen LogP contribution in [0.15, 0.2) is 4.99 Å². The van der Waals surface area contributed by atoms with Crippen LogP contribution in [0.25, 0.3) is 0 Å². The van der Waals surface area contributed by atoms with Crippen molar-refractivity contribution < 1.29 is 39.0 Å². The molecular weight excluding hydrogens is 480 g/mol. The van der Waals surface area contributed by atoms with Gasteiger partial charge in [-0.3, -0.25) is 29.0 Å². The van der Waals surface area contributed by atoms with Crippen molar-refractivity contribution in [3.8, 4) is 0 Å². The molecule has 0 saturated carbocycles. The Morgan fingerprint density at radius 2 is 1.67 bits per heavy atom. The molecule has 4 unspecified atom stereocenters. The SMILES string of the molecule is NC(=O)CCC(N)C(=O)N1CCCC1C(=O)NC(CCCN=C(N)N)C(=O)NC(CC(=O)O)C(=O)O. The van der Waals surface area contributed by atoms with Gasteiger partial charge in [0.05, 0.1) is 12.5 Å². The zero-order valence-corrected chi connectivity index (χ0v) is 19.7. The molecule has 1 aliphatic heterocycles. The lowest BCUT2D eigenvalue weighted by Crippen LogP contribution is -2.56. The summed E-state index contributed by atoms with van der Waals surface area (Å²) in [6.45, 7) is 0.352. The van der Waals surface area contributed by atoms with Gasteiger partial charge in [0.25, 0.3) is 0 Å². The second-order valence-corrected chi connectivity index (χ2v) is 8.31. The molecule has 0 aromatic heterocycles. The molecule has 0 aromatic rings. The van der Waals surface area contributed by atoms with E-state index in [1.807, 2.05) is 0 Å². The van der Waals surface area contributed by atoms with Crippen molar-refractivity contribution in [3.63, 3.8) is 0 Å². The van der Waals surface area contributed by atoms with Crippen LogP contribution in [-0.2, 0) is 28.8 Å². The molecule has 1 fully saturated rings. The zero-order valence-electron chi connectivity index (χ0n) is 19.7. The third-order valence-corrected chi connectivity index (χ3v) is 5.43. The normalized spacial score (nSPS) is 17.4. The lowest BCUT2D eigenvalue weighted by molar-refractivity contribution is -0.147. The van der Waals surface area contributed by atoms with Gasteiger partial charge in [-0.2, -0.15) is 0 Å². The van der Waals surface area contributed by atoms with Crippen LogP contribution < -0.4 is 33.6 Å². The van der Waals surface area contributed by atoms with E-state index in [0.717, 1.165) is 0 Å². The van der Waals surface area contributed by atoms with Crippen molar-refractivity contribution in [2.75, 3.05) is 13.1 Å². The average molecular weight is 515 g/mol. The fraction of sp³-hybridized carbons (Fsp3) is 0.650. The second-order valence-electron chi connectivity index (χ2n) is 8.31. The molecule has 1 rings (SSSR count). The maximum Gasteiger partial charge on any atom is 0.326 e. The van der Waals surface area contributed by atoms with E-state index >= 15 is 0 Å². The number of likely N-dealkylation sites (tertiary alicyclic amines) is 1. The fourth-order valence-electron chi connectivity index (χ4n) is 3.62.